The van der Waals surface area contributed by atoms with Gasteiger partial charge in [-0.1, -0.05) is 11.6 Å². The molecule has 4 heteroatoms. The van der Waals surface area contributed by atoms with Crippen molar-refractivity contribution in [3.8, 4) is 0 Å². The van der Waals surface area contributed by atoms with E-state index < -0.39 is 5.97 Å². The number of aliphatic carboxylic acids is 1. The van der Waals surface area contributed by atoms with Crippen molar-refractivity contribution in [2.45, 2.75) is 13.3 Å². The van der Waals surface area contributed by atoms with E-state index in [0.29, 0.717) is 10.6 Å². The predicted molar refractivity (Wildman–Crippen MR) is 62.8 cm³/mol. The largest absolute Gasteiger partial charge is 0.481 e. The molecule has 82 valence electrons. The molecule has 0 atom stereocenters. The average Bonchev–Trinajstić information content (AvgIpc) is 2.22. The lowest BCUT2D eigenvalue weighted by Crippen LogP contribution is -2.02. The molecular formula is C12H10ClNO2. The first-order chi connectivity index (χ1) is 7.58. The second-order valence-electron chi connectivity index (χ2n) is 3.68. The van der Waals surface area contributed by atoms with Gasteiger partial charge in [0.15, 0.2) is 0 Å². The number of hydrogen-bond acceptors (Lipinski definition) is 2. The number of carboxylic acid groups (broad SMARTS) is 1. The molecule has 3 nitrogen and oxygen atoms in total. The molecule has 1 N–H and O–H groups in total. The van der Waals surface area contributed by atoms with E-state index in [1.165, 1.54) is 0 Å². The van der Waals surface area contributed by atoms with Crippen molar-refractivity contribution in [3.63, 3.8) is 0 Å². The lowest BCUT2D eigenvalue weighted by Gasteiger charge is -2.07. The van der Waals surface area contributed by atoms with E-state index >= 15 is 0 Å². The molecule has 0 saturated heterocycles. The van der Waals surface area contributed by atoms with Gasteiger partial charge in [-0.25, -0.2) is 0 Å². The predicted octanol–water partition coefficient (Wildman–Crippen LogP) is 2.82. The molecule has 0 spiro atoms. The topological polar surface area (TPSA) is 50.2 Å². The van der Waals surface area contributed by atoms with Crippen LogP contribution in [0.3, 0.4) is 0 Å². The van der Waals surface area contributed by atoms with Crippen LogP contribution in [0.25, 0.3) is 10.9 Å². The van der Waals surface area contributed by atoms with Crippen LogP contribution in [-0.2, 0) is 11.2 Å². The van der Waals surface area contributed by atoms with Gasteiger partial charge < -0.3 is 5.11 Å². The third kappa shape index (κ3) is 1.99. The molecule has 0 aliphatic carbocycles. The molecule has 1 aromatic carbocycles. The van der Waals surface area contributed by atoms with E-state index in [4.69, 9.17) is 16.7 Å². The van der Waals surface area contributed by atoms with Crippen molar-refractivity contribution >= 4 is 28.5 Å². The zero-order chi connectivity index (χ0) is 11.7. The van der Waals surface area contributed by atoms with E-state index in [2.05, 4.69) is 4.98 Å². The van der Waals surface area contributed by atoms with Crippen molar-refractivity contribution in [2.24, 2.45) is 0 Å². The van der Waals surface area contributed by atoms with Crippen LogP contribution in [-0.4, -0.2) is 16.1 Å². The molecule has 16 heavy (non-hydrogen) atoms. The number of aromatic nitrogens is 1. The fraction of sp³-hybridized carbons (Fsp3) is 0.167. The molecule has 1 aromatic heterocycles. The molecule has 2 aromatic rings. The molecule has 0 aliphatic heterocycles. The number of pyridine rings is 1. The van der Waals surface area contributed by atoms with Crippen LogP contribution in [0.2, 0.25) is 5.02 Å². The third-order valence-corrected chi connectivity index (χ3v) is 2.74. The zero-order valence-corrected chi connectivity index (χ0v) is 9.45. The number of rotatable bonds is 2. The van der Waals surface area contributed by atoms with Gasteiger partial charge in [0.25, 0.3) is 0 Å². The second-order valence-corrected chi connectivity index (χ2v) is 4.08. The molecule has 2 rings (SSSR count). The number of fused-ring (bicyclic) bond motifs is 1. The lowest BCUT2D eigenvalue weighted by atomic mass is 10.0. The molecule has 0 radical (unpaired) electrons. The van der Waals surface area contributed by atoms with Gasteiger partial charge in [0.2, 0.25) is 0 Å². The normalized spacial score (nSPS) is 10.6. The van der Waals surface area contributed by atoms with Gasteiger partial charge in [-0.2, -0.15) is 0 Å². The highest BCUT2D eigenvalue weighted by atomic mass is 35.5. The van der Waals surface area contributed by atoms with Gasteiger partial charge in [0.05, 0.1) is 11.9 Å². The summed E-state index contributed by atoms with van der Waals surface area (Å²) in [6, 6.07) is 5.39. The molecule has 0 unspecified atom stereocenters. The Hall–Kier alpha value is -1.61. The van der Waals surface area contributed by atoms with Crippen molar-refractivity contribution in [1.29, 1.82) is 0 Å². The number of halogens is 1. The van der Waals surface area contributed by atoms with Crippen LogP contribution in [0.15, 0.2) is 24.4 Å². The Morgan fingerprint density at radius 3 is 2.94 bits per heavy atom. The molecule has 0 amide bonds. The van der Waals surface area contributed by atoms with Gasteiger partial charge in [-0.15, -0.1) is 0 Å². The Morgan fingerprint density at radius 1 is 1.50 bits per heavy atom. The van der Waals surface area contributed by atoms with Crippen LogP contribution >= 0.6 is 11.6 Å². The highest BCUT2D eigenvalue weighted by Crippen LogP contribution is 2.26. The summed E-state index contributed by atoms with van der Waals surface area (Å²) < 4.78 is 0. The molecule has 0 aliphatic rings. The molecular weight excluding hydrogens is 226 g/mol. The smallest absolute Gasteiger partial charge is 0.307 e. The minimum atomic E-state index is -0.893. The number of nitrogens with zero attached hydrogens (tertiary/aromatic N) is 1. The molecule has 1 heterocycles. The summed E-state index contributed by atoms with van der Waals surface area (Å²) in [6.07, 6.45) is 1.67. The van der Waals surface area contributed by atoms with E-state index in [1.54, 1.807) is 18.3 Å². The summed E-state index contributed by atoms with van der Waals surface area (Å²) in [4.78, 5) is 15.0. The highest BCUT2D eigenvalue weighted by Gasteiger charge is 2.10. The van der Waals surface area contributed by atoms with Crippen molar-refractivity contribution in [2.75, 3.05) is 0 Å². The second kappa shape index (κ2) is 4.10. The summed E-state index contributed by atoms with van der Waals surface area (Å²) in [6.45, 7) is 1.91. The van der Waals surface area contributed by atoms with E-state index in [0.717, 1.165) is 16.5 Å². The highest BCUT2D eigenvalue weighted by molar-refractivity contribution is 6.32. The van der Waals surface area contributed by atoms with Gasteiger partial charge in [0, 0.05) is 16.6 Å². The fourth-order valence-electron chi connectivity index (χ4n) is 1.67. The Kier molecular flexibility index (Phi) is 2.79. The fourth-order valence-corrected chi connectivity index (χ4v) is 1.90. The summed E-state index contributed by atoms with van der Waals surface area (Å²) in [5.74, 6) is -0.893. The monoisotopic (exact) mass is 235 g/mol. The SMILES string of the molecule is Cc1cnc2ccc(Cl)c(CC(=O)O)c2c1. The van der Waals surface area contributed by atoms with E-state index in [-0.39, 0.29) is 6.42 Å². The Labute approximate surface area is 97.7 Å². The zero-order valence-electron chi connectivity index (χ0n) is 8.70. The summed E-state index contributed by atoms with van der Waals surface area (Å²) in [7, 11) is 0. The quantitative estimate of drug-likeness (QED) is 0.871. The van der Waals surface area contributed by atoms with Crippen molar-refractivity contribution in [1.82, 2.24) is 4.98 Å². The molecule has 0 fully saturated rings. The number of carboxylic acids is 1. The van der Waals surface area contributed by atoms with Crippen LogP contribution in [0.4, 0.5) is 0 Å². The maximum Gasteiger partial charge on any atom is 0.307 e. The number of carbonyl (C=O) groups is 1. The van der Waals surface area contributed by atoms with Gasteiger partial charge >= 0.3 is 5.97 Å². The maximum atomic E-state index is 10.8. The summed E-state index contributed by atoms with van der Waals surface area (Å²) in [5, 5.41) is 10.1. The first-order valence-electron chi connectivity index (χ1n) is 4.83. The van der Waals surface area contributed by atoms with Crippen LogP contribution in [0.5, 0.6) is 0 Å². The summed E-state index contributed by atoms with van der Waals surface area (Å²) in [5.41, 5.74) is 2.38. The number of aryl methyl sites for hydroxylation is 1. The average molecular weight is 236 g/mol. The standard InChI is InChI=1S/C12H10ClNO2/c1-7-4-9-8(5-12(15)16)10(13)2-3-11(9)14-6-7/h2-4,6H,5H2,1H3,(H,15,16). The first-order valence-corrected chi connectivity index (χ1v) is 5.21. The maximum absolute atomic E-state index is 10.8. The number of hydrogen-bond donors (Lipinski definition) is 1. The lowest BCUT2D eigenvalue weighted by molar-refractivity contribution is -0.136. The van der Waals surface area contributed by atoms with Crippen LogP contribution in [0, 0.1) is 6.92 Å². The minimum Gasteiger partial charge on any atom is -0.481 e. The van der Waals surface area contributed by atoms with Crippen LogP contribution < -0.4 is 0 Å². The van der Waals surface area contributed by atoms with Gasteiger partial charge in [-0.3, -0.25) is 9.78 Å². The molecule has 0 bridgehead atoms. The van der Waals surface area contributed by atoms with Gasteiger partial charge in [0.1, 0.15) is 0 Å². The first kappa shape index (κ1) is 10.9. The van der Waals surface area contributed by atoms with Crippen molar-refractivity contribution < 1.29 is 9.90 Å². The minimum absolute atomic E-state index is 0.0820. The molecule has 0 saturated carbocycles. The Morgan fingerprint density at radius 2 is 2.25 bits per heavy atom. The van der Waals surface area contributed by atoms with E-state index in [9.17, 15) is 4.79 Å². The van der Waals surface area contributed by atoms with Crippen molar-refractivity contribution in [3.05, 3.63) is 40.5 Å². The summed E-state index contributed by atoms with van der Waals surface area (Å²) >= 11 is 6.01. The Bertz CT molecular complexity index is 561. The number of benzene rings is 1. The third-order valence-electron chi connectivity index (χ3n) is 2.38. The van der Waals surface area contributed by atoms with E-state index in [1.807, 2.05) is 13.0 Å². The van der Waals surface area contributed by atoms with Gasteiger partial charge in [-0.05, 0) is 36.2 Å². The van der Waals surface area contributed by atoms with Crippen LogP contribution in [0.1, 0.15) is 11.1 Å². The Balaban J connectivity index is 2.72.